The molecule has 4 nitrogen and oxygen atoms in total. The fourth-order valence-corrected chi connectivity index (χ4v) is 2.68. The van der Waals surface area contributed by atoms with Crippen LogP contribution in [0.25, 0.3) is 0 Å². The number of anilines is 1. The Labute approximate surface area is 150 Å². The number of nitriles is 1. The summed E-state index contributed by atoms with van der Waals surface area (Å²) < 4.78 is 77.0. The van der Waals surface area contributed by atoms with E-state index in [9.17, 15) is 31.1 Å². The van der Waals surface area contributed by atoms with Crippen molar-refractivity contribution in [3.8, 4) is 6.07 Å². The molecule has 27 heavy (non-hydrogen) atoms. The van der Waals surface area contributed by atoms with E-state index in [0.717, 1.165) is 31.9 Å². The van der Waals surface area contributed by atoms with Crippen molar-refractivity contribution in [2.75, 3.05) is 5.32 Å². The zero-order chi connectivity index (χ0) is 20.2. The van der Waals surface area contributed by atoms with Crippen LogP contribution in [0.3, 0.4) is 0 Å². The highest BCUT2D eigenvalue weighted by atomic mass is 19.4. The summed E-state index contributed by atoms with van der Waals surface area (Å²) in [5.74, 6) is -0.736. The zero-order valence-electron chi connectivity index (χ0n) is 13.8. The summed E-state index contributed by atoms with van der Waals surface area (Å²) in [5, 5.41) is 13.8. The molecule has 0 radical (unpaired) electrons. The van der Waals surface area contributed by atoms with Crippen molar-refractivity contribution in [3.63, 3.8) is 0 Å². The van der Waals surface area contributed by atoms with Crippen molar-refractivity contribution in [1.29, 1.82) is 5.26 Å². The summed E-state index contributed by atoms with van der Waals surface area (Å²) >= 11 is 0. The maximum absolute atomic E-state index is 12.8. The summed E-state index contributed by atoms with van der Waals surface area (Å²) in [6.45, 7) is 0. The molecule has 0 bridgehead atoms. The molecule has 1 aromatic rings. The topological polar surface area (TPSA) is 64.9 Å². The van der Waals surface area contributed by atoms with Gasteiger partial charge in [0.2, 0.25) is 0 Å². The molecule has 0 aliphatic heterocycles. The Morgan fingerprint density at radius 3 is 2.00 bits per heavy atom. The van der Waals surface area contributed by atoms with Crippen LogP contribution in [0.15, 0.2) is 30.0 Å². The molecule has 0 spiro atoms. The van der Waals surface area contributed by atoms with Crippen molar-refractivity contribution in [1.82, 2.24) is 5.32 Å². The minimum absolute atomic E-state index is 0.00704. The summed E-state index contributed by atoms with van der Waals surface area (Å²) in [6.07, 6.45) is -5.82. The Morgan fingerprint density at radius 2 is 1.56 bits per heavy atom. The zero-order valence-corrected chi connectivity index (χ0v) is 13.8. The average Bonchev–Trinajstić information content (AvgIpc) is 3.06. The number of halogens is 6. The van der Waals surface area contributed by atoms with E-state index in [-0.39, 0.29) is 12.1 Å². The number of nitrogens with one attached hydrogen (secondary N) is 2. The van der Waals surface area contributed by atoms with Gasteiger partial charge in [-0.15, -0.1) is 0 Å². The van der Waals surface area contributed by atoms with Crippen LogP contribution in [0, 0.1) is 11.3 Å². The van der Waals surface area contributed by atoms with E-state index >= 15 is 0 Å². The number of amides is 1. The molecule has 1 amide bonds. The third-order valence-electron chi connectivity index (χ3n) is 4.03. The molecular weight excluding hydrogens is 376 g/mol. The number of carbonyl (C=O) groups is 1. The molecular formula is C17H15F6N3O. The molecule has 1 saturated carbocycles. The van der Waals surface area contributed by atoms with Gasteiger partial charge in [-0.25, -0.2) is 0 Å². The largest absolute Gasteiger partial charge is 0.416 e. The summed E-state index contributed by atoms with van der Waals surface area (Å²) in [5.41, 5.74) is -3.99. The Morgan fingerprint density at radius 1 is 1.04 bits per heavy atom. The number of carbonyl (C=O) groups excluding carboxylic acids is 1. The lowest BCUT2D eigenvalue weighted by molar-refractivity contribution is -0.143. The van der Waals surface area contributed by atoms with Crippen LogP contribution in [-0.2, 0) is 17.1 Å². The molecule has 1 fully saturated rings. The fraction of sp³-hybridized carbons (Fsp3) is 0.412. The normalized spacial score (nSPS) is 16.1. The number of alkyl halides is 6. The molecule has 0 saturated heterocycles. The number of rotatable bonds is 4. The monoisotopic (exact) mass is 391 g/mol. The summed E-state index contributed by atoms with van der Waals surface area (Å²) in [4.78, 5) is 12.0. The molecule has 0 unspecified atom stereocenters. The van der Waals surface area contributed by atoms with Crippen molar-refractivity contribution >= 4 is 11.6 Å². The van der Waals surface area contributed by atoms with Crippen LogP contribution in [0.5, 0.6) is 0 Å². The van der Waals surface area contributed by atoms with E-state index < -0.39 is 40.6 Å². The summed E-state index contributed by atoms with van der Waals surface area (Å²) in [6, 6.07) is 2.41. The average molecular weight is 391 g/mol. The van der Waals surface area contributed by atoms with Crippen molar-refractivity contribution in [2.24, 2.45) is 0 Å². The molecule has 1 aliphatic rings. The summed E-state index contributed by atoms with van der Waals surface area (Å²) in [7, 11) is 0. The lowest BCUT2D eigenvalue weighted by Gasteiger charge is -2.14. The van der Waals surface area contributed by atoms with Gasteiger partial charge in [-0.1, -0.05) is 12.8 Å². The van der Waals surface area contributed by atoms with Gasteiger partial charge in [-0.05, 0) is 31.0 Å². The Kier molecular flexibility index (Phi) is 6.03. The minimum Gasteiger partial charge on any atom is -0.360 e. The van der Waals surface area contributed by atoms with Crippen LogP contribution in [0.2, 0.25) is 0 Å². The molecule has 2 rings (SSSR count). The van der Waals surface area contributed by atoms with Crippen molar-refractivity contribution in [2.45, 2.75) is 44.1 Å². The number of hydrogen-bond acceptors (Lipinski definition) is 3. The number of benzene rings is 1. The van der Waals surface area contributed by atoms with Crippen LogP contribution < -0.4 is 10.6 Å². The first kappa shape index (κ1) is 20.6. The quantitative estimate of drug-likeness (QED) is 0.448. The van der Waals surface area contributed by atoms with E-state index in [2.05, 4.69) is 10.6 Å². The van der Waals surface area contributed by atoms with Crippen molar-refractivity contribution < 1.29 is 31.1 Å². The third kappa shape index (κ3) is 5.64. The first-order chi connectivity index (χ1) is 12.5. The smallest absolute Gasteiger partial charge is 0.360 e. The Balaban J connectivity index is 2.24. The second kappa shape index (κ2) is 7.90. The van der Waals surface area contributed by atoms with E-state index in [4.69, 9.17) is 5.26 Å². The lowest BCUT2D eigenvalue weighted by Crippen LogP contribution is -2.33. The maximum Gasteiger partial charge on any atom is 0.416 e. The van der Waals surface area contributed by atoms with Gasteiger partial charge < -0.3 is 10.6 Å². The predicted octanol–water partition coefficient (Wildman–Crippen LogP) is 4.60. The molecule has 1 aromatic carbocycles. The highest BCUT2D eigenvalue weighted by Crippen LogP contribution is 2.37. The molecule has 10 heteroatoms. The first-order valence-corrected chi connectivity index (χ1v) is 7.98. The number of hydrogen-bond donors (Lipinski definition) is 2. The van der Waals surface area contributed by atoms with E-state index in [0.29, 0.717) is 12.1 Å². The molecule has 146 valence electrons. The highest BCUT2D eigenvalue weighted by molar-refractivity contribution is 5.97. The van der Waals surface area contributed by atoms with Gasteiger partial charge in [0.1, 0.15) is 11.6 Å². The second-order valence-corrected chi connectivity index (χ2v) is 6.06. The van der Waals surface area contributed by atoms with Crippen LogP contribution >= 0.6 is 0 Å². The minimum atomic E-state index is -4.99. The second-order valence-electron chi connectivity index (χ2n) is 6.06. The molecule has 1 aliphatic carbocycles. The van der Waals surface area contributed by atoms with Gasteiger partial charge in [0.25, 0.3) is 5.91 Å². The molecule has 2 N–H and O–H groups in total. The Bertz CT molecular complexity index is 738. The fourth-order valence-electron chi connectivity index (χ4n) is 2.68. The van der Waals surface area contributed by atoms with Gasteiger partial charge in [0.15, 0.2) is 0 Å². The van der Waals surface area contributed by atoms with Gasteiger partial charge in [-0.2, -0.15) is 31.6 Å². The maximum atomic E-state index is 12.8. The van der Waals surface area contributed by atoms with Gasteiger partial charge in [0, 0.05) is 17.9 Å². The standard InChI is InChI=1S/C17H15F6N3O/c18-16(19,20)11-5-12(17(21,22)23)7-14(6-11)25-9-10(8-24)15(27)26-13-3-1-2-4-13/h5-7,9,13,25H,1-4H2,(H,26,27)/b10-9-. The lowest BCUT2D eigenvalue weighted by atomic mass is 10.1. The number of nitrogens with zero attached hydrogens (tertiary/aromatic N) is 1. The molecule has 0 atom stereocenters. The van der Waals surface area contributed by atoms with Crippen LogP contribution in [-0.4, -0.2) is 11.9 Å². The SMILES string of the molecule is N#C/C(=C/Nc1cc(C(F)(F)F)cc(C(F)(F)F)c1)C(=O)NC1CCCC1. The van der Waals surface area contributed by atoms with Crippen molar-refractivity contribution in [3.05, 3.63) is 41.1 Å². The molecule has 0 aromatic heterocycles. The highest BCUT2D eigenvalue weighted by Gasteiger charge is 2.36. The van der Waals surface area contributed by atoms with Crippen LogP contribution in [0.4, 0.5) is 32.0 Å². The van der Waals surface area contributed by atoms with Gasteiger partial charge >= 0.3 is 12.4 Å². The third-order valence-corrected chi connectivity index (χ3v) is 4.03. The molecule has 0 heterocycles. The van der Waals surface area contributed by atoms with E-state index in [1.54, 1.807) is 6.07 Å². The van der Waals surface area contributed by atoms with E-state index in [1.807, 2.05) is 0 Å². The predicted molar refractivity (Wildman–Crippen MR) is 84.2 cm³/mol. The van der Waals surface area contributed by atoms with Gasteiger partial charge in [0.05, 0.1) is 11.1 Å². The van der Waals surface area contributed by atoms with Crippen LogP contribution in [0.1, 0.15) is 36.8 Å². The van der Waals surface area contributed by atoms with E-state index in [1.165, 1.54) is 0 Å². The van der Waals surface area contributed by atoms with Gasteiger partial charge in [-0.3, -0.25) is 4.79 Å². The first-order valence-electron chi connectivity index (χ1n) is 7.98. The Hall–Kier alpha value is -2.70.